The van der Waals surface area contributed by atoms with Crippen molar-refractivity contribution in [3.8, 4) is 0 Å². The summed E-state index contributed by atoms with van der Waals surface area (Å²) in [6.45, 7) is 16.0. The van der Waals surface area contributed by atoms with Gasteiger partial charge in [0.2, 0.25) is 11.8 Å². The first-order valence-electron chi connectivity index (χ1n) is 13.4. The molecule has 0 saturated heterocycles. The van der Waals surface area contributed by atoms with E-state index in [2.05, 4.69) is 26.3 Å². The van der Waals surface area contributed by atoms with Crippen LogP contribution in [-0.4, -0.2) is 78.3 Å². The van der Waals surface area contributed by atoms with Gasteiger partial charge in [0.1, 0.15) is 6.04 Å². The van der Waals surface area contributed by atoms with E-state index in [1.807, 2.05) is 41.5 Å². The Balaban J connectivity index is 2.58. The normalized spacial score (nSPS) is 12.7. The number of carbonyl (C=O) groups is 4. The van der Waals surface area contributed by atoms with Crippen molar-refractivity contribution in [1.82, 2.24) is 31.2 Å². The molecular weight excluding hydrogens is 472 g/mol. The standard InChI is InChI=1S/C27H46N6O4/c1-8-12-33(13-9-2)27(37)22-14-21(16-28-17-22)25(35)30-11-10-29-20(7)24(34)32-23(19(5)6)26(36)31-15-18(3)4/h14,16-20,23,29H,8-13,15H2,1-7H3,(H,30,35)(H,31,36)(H,32,34)/t20-,23-/m0/s1. The summed E-state index contributed by atoms with van der Waals surface area (Å²) >= 11 is 0. The molecule has 0 aromatic carbocycles. The summed E-state index contributed by atoms with van der Waals surface area (Å²) in [6, 6.07) is 0.383. The number of carbonyl (C=O) groups excluding carboxylic acids is 4. The van der Waals surface area contributed by atoms with Gasteiger partial charge in [-0.1, -0.05) is 41.5 Å². The smallest absolute Gasteiger partial charge is 0.255 e. The second-order valence-corrected chi connectivity index (χ2v) is 10.1. The number of nitrogens with zero attached hydrogens (tertiary/aromatic N) is 2. The molecule has 0 saturated carbocycles. The minimum absolute atomic E-state index is 0.0603. The summed E-state index contributed by atoms with van der Waals surface area (Å²) in [6.07, 6.45) is 4.61. The molecule has 4 amide bonds. The largest absolute Gasteiger partial charge is 0.354 e. The van der Waals surface area contributed by atoms with E-state index < -0.39 is 12.1 Å². The van der Waals surface area contributed by atoms with Crippen molar-refractivity contribution in [3.63, 3.8) is 0 Å². The Kier molecular flexibility index (Phi) is 14.4. The average molecular weight is 519 g/mol. The summed E-state index contributed by atoms with van der Waals surface area (Å²) in [5.74, 6) is -0.707. The molecule has 0 radical (unpaired) electrons. The van der Waals surface area contributed by atoms with Gasteiger partial charge in [0.05, 0.1) is 17.2 Å². The number of pyridine rings is 1. The predicted octanol–water partition coefficient (Wildman–Crippen LogP) is 1.96. The molecule has 0 spiro atoms. The van der Waals surface area contributed by atoms with Crippen LogP contribution in [0.5, 0.6) is 0 Å². The zero-order valence-corrected chi connectivity index (χ0v) is 23.5. The maximum absolute atomic E-state index is 12.8. The van der Waals surface area contributed by atoms with E-state index in [1.165, 1.54) is 12.4 Å². The molecule has 2 atom stereocenters. The minimum atomic E-state index is -0.622. The van der Waals surface area contributed by atoms with Crippen LogP contribution < -0.4 is 21.3 Å². The minimum Gasteiger partial charge on any atom is -0.354 e. The van der Waals surface area contributed by atoms with Gasteiger partial charge in [-0.25, -0.2) is 0 Å². The van der Waals surface area contributed by atoms with Gasteiger partial charge < -0.3 is 26.2 Å². The van der Waals surface area contributed by atoms with Gasteiger partial charge in [0, 0.05) is 45.1 Å². The van der Waals surface area contributed by atoms with Crippen LogP contribution in [0.1, 0.15) is 82.0 Å². The molecule has 1 rings (SSSR count). The highest BCUT2D eigenvalue weighted by molar-refractivity contribution is 5.99. The number of amides is 4. The van der Waals surface area contributed by atoms with Crippen LogP contribution in [0.2, 0.25) is 0 Å². The molecule has 1 aromatic heterocycles. The van der Waals surface area contributed by atoms with Gasteiger partial charge >= 0.3 is 0 Å². The number of nitrogens with one attached hydrogen (secondary N) is 4. The molecule has 0 fully saturated rings. The maximum atomic E-state index is 12.8. The molecule has 0 aliphatic heterocycles. The fourth-order valence-corrected chi connectivity index (χ4v) is 3.61. The topological polar surface area (TPSA) is 133 Å². The van der Waals surface area contributed by atoms with Crippen molar-refractivity contribution in [3.05, 3.63) is 29.6 Å². The van der Waals surface area contributed by atoms with E-state index in [1.54, 1.807) is 17.9 Å². The van der Waals surface area contributed by atoms with E-state index in [0.29, 0.717) is 43.2 Å². The molecule has 0 bridgehead atoms. The van der Waals surface area contributed by atoms with Crippen molar-refractivity contribution in [2.24, 2.45) is 11.8 Å². The van der Waals surface area contributed by atoms with Crippen LogP contribution in [0.3, 0.4) is 0 Å². The zero-order valence-electron chi connectivity index (χ0n) is 23.5. The van der Waals surface area contributed by atoms with Gasteiger partial charge in [-0.15, -0.1) is 0 Å². The summed E-state index contributed by atoms with van der Waals surface area (Å²) in [5, 5.41) is 11.5. The Morgan fingerprint density at radius 1 is 0.865 bits per heavy atom. The van der Waals surface area contributed by atoms with Crippen LogP contribution in [0.4, 0.5) is 0 Å². The van der Waals surface area contributed by atoms with Crippen LogP contribution >= 0.6 is 0 Å². The molecule has 4 N–H and O–H groups in total. The van der Waals surface area contributed by atoms with Crippen molar-refractivity contribution in [1.29, 1.82) is 0 Å². The molecule has 1 heterocycles. The maximum Gasteiger partial charge on any atom is 0.255 e. The van der Waals surface area contributed by atoms with Crippen LogP contribution in [0.15, 0.2) is 18.5 Å². The molecule has 37 heavy (non-hydrogen) atoms. The third kappa shape index (κ3) is 11.3. The summed E-state index contributed by atoms with van der Waals surface area (Å²) < 4.78 is 0. The zero-order chi connectivity index (χ0) is 28.0. The molecular formula is C27H46N6O4. The highest BCUT2D eigenvalue weighted by Crippen LogP contribution is 2.09. The number of aromatic nitrogens is 1. The van der Waals surface area contributed by atoms with E-state index in [0.717, 1.165) is 12.8 Å². The van der Waals surface area contributed by atoms with Gasteiger partial charge in [0.15, 0.2) is 0 Å². The van der Waals surface area contributed by atoms with Gasteiger partial charge in [0.25, 0.3) is 11.8 Å². The van der Waals surface area contributed by atoms with Crippen molar-refractivity contribution in [2.75, 3.05) is 32.7 Å². The Labute approximate surface area is 221 Å². The van der Waals surface area contributed by atoms with Crippen LogP contribution in [-0.2, 0) is 9.59 Å². The van der Waals surface area contributed by atoms with Gasteiger partial charge in [-0.3, -0.25) is 24.2 Å². The molecule has 0 aliphatic carbocycles. The first-order valence-corrected chi connectivity index (χ1v) is 13.4. The second kappa shape index (κ2) is 16.7. The first kappa shape index (κ1) is 32.0. The van der Waals surface area contributed by atoms with Crippen LogP contribution in [0.25, 0.3) is 0 Å². The predicted molar refractivity (Wildman–Crippen MR) is 145 cm³/mol. The van der Waals surface area contributed by atoms with Crippen molar-refractivity contribution >= 4 is 23.6 Å². The summed E-state index contributed by atoms with van der Waals surface area (Å²) in [4.78, 5) is 56.3. The van der Waals surface area contributed by atoms with E-state index >= 15 is 0 Å². The molecule has 10 nitrogen and oxygen atoms in total. The second-order valence-electron chi connectivity index (χ2n) is 10.1. The first-order chi connectivity index (χ1) is 17.5. The lowest BCUT2D eigenvalue weighted by Crippen LogP contribution is -2.54. The Bertz CT molecular complexity index is 883. The quantitative estimate of drug-likeness (QED) is 0.247. The highest BCUT2D eigenvalue weighted by atomic mass is 16.2. The third-order valence-corrected chi connectivity index (χ3v) is 5.71. The van der Waals surface area contributed by atoms with Crippen molar-refractivity contribution in [2.45, 2.75) is 73.4 Å². The molecule has 0 aliphatic rings. The van der Waals surface area contributed by atoms with E-state index in [4.69, 9.17) is 0 Å². The Morgan fingerprint density at radius 2 is 1.49 bits per heavy atom. The molecule has 0 unspecified atom stereocenters. The average Bonchev–Trinajstić information content (AvgIpc) is 2.87. The lowest BCUT2D eigenvalue weighted by atomic mass is 10.0. The molecule has 1 aromatic rings. The van der Waals surface area contributed by atoms with E-state index in [9.17, 15) is 19.2 Å². The lowest BCUT2D eigenvalue weighted by molar-refractivity contribution is -0.130. The van der Waals surface area contributed by atoms with Crippen molar-refractivity contribution < 1.29 is 19.2 Å². The third-order valence-electron chi connectivity index (χ3n) is 5.71. The Morgan fingerprint density at radius 3 is 2.05 bits per heavy atom. The van der Waals surface area contributed by atoms with Gasteiger partial charge in [-0.2, -0.15) is 0 Å². The molecule has 208 valence electrons. The highest BCUT2D eigenvalue weighted by Gasteiger charge is 2.26. The summed E-state index contributed by atoms with van der Waals surface area (Å²) in [5.41, 5.74) is 0.687. The SMILES string of the molecule is CCCN(CCC)C(=O)c1cncc(C(=O)NCCN[C@@H](C)C(=O)N[C@H](C(=O)NCC(C)C)C(C)C)c1. The summed E-state index contributed by atoms with van der Waals surface area (Å²) in [7, 11) is 0. The van der Waals surface area contributed by atoms with Crippen LogP contribution in [0, 0.1) is 11.8 Å². The fourth-order valence-electron chi connectivity index (χ4n) is 3.61. The number of hydrogen-bond donors (Lipinski definition) is 4. The monoisotopic (exact) mass is 518 g/mol. The lowest BCUT2D eigenvalue weighted by Gasteiger charge is -2.24. The number of rotatable bonds is 16. The molecule has 10 heteroatoms. The number of hydrogen-bond acceptors (Lipinski definition) is 6. The van der Waals surface area contributed by atoms with Gasteiger partial charge in [-0.05, 0) is 37.7 Å². The van der Waals surface area contributed by atoms with E-state index in [-0.39, 0.29) is 36.1 Å². The Hall–Kier alpha value is -3.01. The fraction of sp³-hybridized carbons (Fsp3) is 0.667.